The van der Waals surface area contributed by atoms with Crippen LogP contribution in [-0.2, 0) is 16.1 Å². The van der Waals surface area contributed by atoms with Gasteiger partial charge < -0.3 is 19.7 Å². The minimum absolute atomic E-state index is 0.113. The molecule has 138 valence electrons. The first-order chi connectivity index (χ1) is 11.7. The largest absolute Gasteiger partial charge is 0.445 e. The molecule has 1 fully saturated rings. The molecule has 1 aromatic rings. The van der Waals surface area contributed by atoms with Crippen molar-refractivity contribution in [3.8, 4) is 0 Å². The van der Waals surface area contributed by atoms with Crippen LogP contribution in [0.2, 0.25) is 0 Å². The van der Waals surface area contributed by atoms with E-state index in [9.17, 15) is 14.0 Å². The van der Waals surface area contributed by atoms with Crippen LogP contribution in [0.4, 0.5) is 14.0 Å². The molecule has 1 aromatic carbocycles. The lowest BCUT2D eigenvalue weighted by atomic mass is 10.0. The molecule has 0 aromatic heterocycles. The number of nitrogens with one attached hydrogen (secondary N) is 1. The number of hydrogen-bond acceptors (Lipinski definition) is 4. The summed E-state index contributed by atoms with van der Waals surface area (Å²) in [5, 5.41) is 2.53. The Morgan fingerprint density at radius 3 is 2.56 bits per heavy atom. The maximum absolute atomic E-state index is 14.3. The number of ether oxygens (including phenoxy) is 2. The van der Waals surface area contributed by atoms with Gasteiger partial charge in [-0.1, -0.05) is 30.3 Å². The van der Waals surface area contributed by atoms with Crippen LogP contribution in [0.5, 0.6) is 0 Å². The molecule has 1 aliphatic heterocycles. The zero-order valence-electron chi connectivity index (χ0n) is 14.8. The Morgan fingerprint density at radius 1 is 1.28 bits per heavy atom. The predicted molar refractivity (Wildman–Crippen MR) is 90.9 cm³/mol. The number of piperidine rings is 1. The molecule has 0 saturated carbocycles. The van der Waals surface area contributed by atoms with E-state index in [2.05, 4.69) is 5.32 Å². The highest BCUT2D eigenvalue weighted by Gasteiger charge is 2.34. The first-order valence-electron chi connectivity index (χ1n) is 8.34. The summed E-state index contributed by atoms with van der Waals surface area (Å²) in [7, 11) is 0. The third kappa shape index (κ3) is 6.25. The third-order valence-electron chi connectivity index (χ3n) is 3.71. The molecule has 0 bridgehead atoms. The van der Waals surface area contributed by atoms with Crippen molar-refractivity contribution < 1.29 is 23.5 Å². The van der Waals surface area contributed by atoms with Crippen LogP contribution in [0.25, 0.3) is 0 Å². The first-order valence-corrected chi connectivity index (χ1v) is 8.34. The molecule has 2 atom stereocenters. The first kappa shape index (κ1) is 19.0. The molecule has 6 nitrogen and oxygen atoms in total. The number of carbonyl (C=O) groups excluding carboxylic acids is 2. The number of rotatable bonds is 3. The third-order valence-corrected chi connectivity index (χ3v) is 3.71. The van der Waals surface area contributed by atoms with Gasteiger partial charge in [0.25, 0.3) is 0 Å². The molecule has 1 heterocycles. The van der Waals surface area contributed by atoms with Gasteiger partial charge in [0.1, 0.15) is 18.4 Å². The molecule has 2 rings (SSSR count). The van der Waals surface area contributed by atoms with Crippen LogP contribution >= 0.6 is 0 Å². The highest BCUT2D eigenvalue weighted by Crippen LogP contribution is 2.18. The predicted octanol–water partition coefficient (Wildman–Crippen LogP) is 3.26. The van der Waals surface area contributed by atoms with Gasteiger partial charge in [-0.3, -0.25) is 0 Å². The van der Waals surface area contributed by atoms with Crippen LogP contribution in [-0.4, -0.2) is 48.0 Å². The lowest BCUT2D eigenvalue weighted by Gasteiger charge is -2.35. The average Bonchev–Trinajstić information content (AvgIpc) is 2.54. The van der Waals surface area contributed by atoms with Crippen LogP contribution in [0.3, 0.4) is 0 Å². The Bertz CT molecular complexity index is 588. The van der Waals surface area contributed by atoms with E-state index in [-0.39, 0.29) is 13.2 Å². The van der Waals surface area contributed by atoms with Gasteiger partial charge >= 0.3 is 12.2 Å². The molecule has 0 aliphatic carbocycles. The number of amides is 2. The minimum atomic E-state index is -1.37. The summed E-state index contributed by atoms with van der Waals surface area (Å²) < 4.78 is 24.6. The summed E-state index contributed by atoms with van der Waals surface area (Å²) in [4.78, 5) is 25.1. The monoisotopic (exact) mass is 352 g/mol. The number of nitrogens with zero attached hydrogens (tertiary/aromatic N) is 1. The van der Waals surface area contributed by atoms with Crippen molar-refractivity contribution in [2.24, 2.45) is 0 Å². The second kappa shape index (κ2) is 8.18. The number of hydrogen-bond donors (Lipinski definition) is 1. The summed E-state index contributed by atoms with van der Waals surface area (Å²) in [5.41, 5.74) is 0.230. The summed E-state index contributed by atoms with van der Waals surface area (Å²) >= 11 is 0. The van der Waals surface area contributed by atoms with E-state index in [1.807, 2.05) is 30.3 Å². The highest BCUT2D eigenvalue weighted by molar-refractivity contribution is 5.69. The molecular formula is C18H25FN2O4. The van der Waals surface area contributed by atoms with Gasteiger partial charge in [-0.05, 0) is 32.8 Å². The van der Waals surface area contributed by atoms with E-state index in [0.29, 0.717) is 13.0 Å². The van der Waals surface area contributed by atoms with Crippen molar-refractivity contribution in [3.63, 3.8) is 0 Å². The lowest BCUT2D eigenvalue weighted by Crippen LogP contribution is -2.54. The van der Waals surface area contributed by atoms with Crippen LogP contribution in [0.15, 0.2) is 30.3 Å². The normalized spacial score (nSPS) is 20.7. The molecule has 0 radical (unpaired) electrons. The van der Waals surface area contributed by atoms with E-state index in [4.69, 9.17) is 9.47 Å². The van der Waals surface area contributed by atoms with Crippen molar-refractivity contribution in [1.29, 1.82) is 0 Å². The van der Waals surface area contributed by atoms with Crippen LogP contribution < -0.4 is 5.32 Å². The topological polar surface area (TPSA) is 67.9 Å². The smallest absolute Gasteiger partial charge is 0.410 e. The second-order valence-electron chi connectivity index (χ2n) is 7.04. The van der Waals surface area contributed by atoms with Gasteiger partial charge in [-0.25, -0.2) is 14.0 Å². The van der Waals surface area contributed by atoms with Gasteiger partial charge in [-0.2, -0.15) is 0 Å². The van der Waals surface area contributed by atoms with Crippen molar-refractivity contribution in [3.05, 3.63) is 35.9 Å². The summed E-state index contributed by atoms with van der Waals surface area (Å²) in [6.07, 6.45) is -2.27. The van der Waals surface area contributed by atoms with Crippen molar-refractivity contribution >= 4 is 12.2 Å². The number of likely N-dealkylation sites (tertiary alicyclic amines) is 1. The van der Waals surface area contributed by atoms with Crippen LogP contribution in [0.1, 0.15) is 32.8 Å². The number of alkyl carbamates (subject to hydrolysis) is 1. The summed E-state index contributed by atoms with van der Waals surface area (Å²) in [6.45, 7) is 5.61. The van der Waals surface area contributed by atoms with Gasteiger partial charge in [0.2, 0.25) is 0 Å². The summed E-state index contributed by atoms with van der Waals surface area (Å²) in [6, 6.07) is 8.56. The summed E-state index contributed by atoms with van der Waals surface area (Å²) in [5.74, 6) is 0. The maximum atomic E-state index is 14.3. The fourth-order valence-electron chi connectivity index (χ4n) is 2.48. The number of halogens is 1. The Hall–Kier alpha value is -2.31. The fraction of sp³-hybridized carbons (Fsp3) is 0.556. The maximum Gasteiger partial charge on any atom is 0.410 e. The molecular weight excluding hydrogens is 327 g/mol. The molecule has 0 unspecified atom stereocenters. The van der Waals surface area contributed by atoms with E-state index < -0.39 is 30.0 Å². The van der Waals surface area contributed by atoms with E-state index in [1.165, 1.54) is 4.90 Å². The van der Waals surface area contributed by atoms with Gasteiger partial charge in [0.05, 0.1) is 12.6 Å². The molecule has 1 aliphatic rings. The van der Waals surface area contributed by atoms with Gasteiger partial charge in [0.15, 0.2) is 0 Å². The highest BCUT2D eigenvalue weighted by atomic mass is 19.1. The fourth-order valence-corrected chi connectivity index (χ4v) is 2.48. The lowest BCUT2D eigenvalue weighted by molar-refractivity contribution is 0.00937. The van der Waals surface area contributed by atoms with Crippen LogP contribution in [0, 0.1) is 0 Å². The second-order valence-corrected chi connectivity index (χ2v) is 7.04. The van der Waals surface area contributed by atoms with E-state index in [0.717, 1.165) is 5.56 Å². The van der Waals surface area contributed by atoms with E-state index in [1.54, 1.807) is 20.8 Å². The van der Waals surface area contributed by atoms with Crippen molar-refractivity contribution in [2.75, 3.05) is 13.1 Å². The minimum Gasteiger partial charge on any atom is -0.445 e. The Morgan fingerprint density at radius 2 is 1.96 bits per heavy atom. The Labute approximate surface area is 147 Å². The Balaban J connectivity index is 1.77. The molecule has 7 heteroatoms. The van der Waals surface area contributed by atoms with Gasteiger partial charge in [-0.15, -0.1) is 0 Å². The van der Waals surface area contributed by atoms with E-state index >= 15 is 0 Å². The van der Waals surface area contributed by atoms with Crippen molar-refractivity contribution in [1.82, 2.24) is 10.2 Å². The SMILES string of the molecule is CC(C)(C)OC(=O)N1CC[C@@H](NC(=O)OCc2ccccc2)[C@H](F)C1. The number of alkyl halides is 1. The van der Waals surface area contributed by atoms with Crippen molar-refractivity contribution in [2.45, 2.75) is 51.6 Å². The standard InChI is InChI=1S/C18H25FN2O4/c1-18(2,3)25-17(23)21-10-9-15(14(19)11-21)20-16(22)24-12-13-7-5-4-6-8-13/h4-8,14-15H,9-12H2,1-3H3,(H,20,22)/t14-,15-/m1/s1. The molecule has 2 amide bonds. The number of benzene rings is 1. The average molecular weight is 352 g/mol. The molecule has 0 spiro atoms. The molecule has 1 N–H and O–H groups in total. The number of carbonyl (C=O) groups is 2. The quantitative estimate of drug-likeness (QED) is 0.907. The zero-order chi connectivity index (χ0) is 18.4. The zero-order valence-corrected chi connectivity index (χ0v) is 14.8. The molecule has 25 heavy (non-hydrogen) atoms. The Kier molecular flexibility index (Phi) is 6.22. The molecule has 1 saturated heterocycles. The van der Waals surface area contributed by atoms with Gasteiger partial charge in [0, 0.05) is 6.54 Å².